The quantitative estimate of drug-likeness (QED) is 0.829. The molecule has 6 nitrogen and oxygen atoms in total. The van der Waals surface area contributed by atoms with Crippen molar-refractivity contribution < 1.29 is 23.8 Å². The second-order valence-electron chi connectivity index (χ2n) is 6.14. The maximum Gasteiger partial charge on any atom is 0.317 e. The van der Waals surface area contributed by atoms with Gasteiger partial charge in [0.1, 0.15) is 11.6 Å². The number of amides is 1. The summed E-state index contributed by atoms with van der Waals surface area (Å²) in [6, 6.07) is 4.10. The van der Waals surface area contributed by atoms with E-state index in [-0.39, 0.29) is 30.1 Å². The molecule has 25 heavy (non-hydrogen) atoms. The van der Waals surface area contributed by atoms with Gasteiger partial charge in [-0.2, -0.15) is 0 Å². The molecule has 1 aliphatic heterocycles. The summed E-state index contributed by atoms with van der Waals surface area (Å²) in [5.41, 5.74) is 0. The van der Waals surface area contributed by atoms with Crippen LogP contribution in [0, 0.1) is 5.82 Å². The predicted octanol–water partition coefficient (Wildman–Crippen LogP) is 2.26. The molecule has 138 valence electrons. The maximum absolute atomic E-state index is 13.1. The SMILES string of the molecule is CN(CC(=O)O)C1CCCN(C(=O)COc2ccc(F)c(Cl)c2)CC1. The number of hydrogen-bond donors (Lipinski definition) is 1. The monoisotopic (exact) mass is 372 g/mol. The van der Waals surface area contributed by atoms with Crippen LogP contribution in [0.25, 0.3) is 0 Å². The molecule has 1 aliphatic rings. The van der Waals surface area contributed by atoms with Gasteiger partial charge in [-0.05, 0) is 38.4 Å². The maximum atomic E-state index is 13.1. The lowest BCUT2D eigenvalue weighted by Gasteiger charge is -2.25. The van der Waals surface area contributed by atoms with E-state index < -0.39 is 11.8 Å². The van der Waals surface area contributed by atoms with E-state index in [4.69, 9.17) is 21.4 Å². The number of carboxylic acid groups (broad SMARTS) is 1. The number of likely N-dealkylation sites (N-methyl/N-ethyl adjacent to an activating group) is 1. The number of nitrogens with zero attached hydrogens (tertiary/aromatic N) is 2. The third-order valence-corrected chi connectivity index (χ3v) is 4.60. The number of carbonyl (C=O) groups excluding carboxylic acids is 1. The van der Waals surface area contributed by atoms with Gasteiger partial charge in [0.15, 0.2) is 6.61 Å². The van der Waals surface area contributed by atoms with E-state index in [1.54, 1.807) is 11.9 Å². The molecule has 1 unspecified atom stereocenters. The van der Waals surface area contributed by atoms with Gasteiger partial charge in [-0.15, -0.1) is 0 Å². The Morgan fingerprint density at radius 2 is 2.16 bits per heavy atom. The molecule has 2 rings (SSSR count). The summed E-state index contributed by atoms with van der Waals surface area (Å²) in [6.07, 6.45) is 2.38. The molecule has 1 aromatic rings. The molecule has 0 aliphatic carbocycles. The molecule has 1 amide bonds. The number of rotatable bonds is 6. The van der Waals surface area contributed by atoms with E-state index in [1.165, 1.54) is 18.2 Å². The van der Waals surface area contributed by atoms with E-state index in [1.807, 2.05) is 4.90 Å². The van der Waals surface area contributed by atoms with Crippen molar-refractivity contribution in [1.29, 1.82) is 0 Å². The zero-order valence-corrected chi connectivity index (χ0v) is 14.8. The molecule has 1 atom stereocenters. The first-order chi connectivity index (χ1) is 11.9. The number of halogens is 2. The van der Waals surface area contributed by atoms with Crippen molar-refractivity contribution in [3.63, 3.8) is 0 Å². The summed E-state index contributed by atoms with van der Waals surface area (Å²) in [4.78, 5) is 26.7. The molecule has 1 saturated heterocycles. The average molecular weight is 373 g/mol. The van der Waals surface area contributed by atoms with Crippen molar-refractivity contribution in [2.75, 3.05) is 33.3 Å². The Labute approximate surface area is 151 Å². The summed E-state index contributed by atoms with van der Waals surface area (Å²) < 4.78 is 18.5. The summed E-state index contributed by atoms with van der Waals surface area (Å²) in [5.74, 6) is -1.20. The van der Waals surface area contributed by atoms with Crippen molar-refractivity contribution in [2.24, 2.45) is 0 Å². The van der Waals surface area contributed by atoms with Crippen LogP contribution in [0.5, 0.6) is 5.75 Å². The number of hydrogen-bond acceptors (Lipinski definition) is 4. The van der Waals surface area contributed by atoms with Crippen molar-refractivity contribution in [3.05, 3.63) is 29.0 Å². The molecular weight excluding hydrogens is 351 g/mol. The van der Waals surface area contributed by atoms with Crippen LogP contribution in [-0.4, -0.2) is 66.1 Å². The Bertz CT molecular complexity index is 629. The van der Waals surface area contributed by atoms with Crippen molar-refractivity contribution in [2.45, 2.75) is 25.3 Å². The van der Waals surface area contributed by atoms with Crippen LogP contribution in [0.15, 0.2) is 18.2 Å². The van der Waals surface area contributed by atoms with Crippen LogP contribution in [0.4, 0.5) is 4.39 Å². The molecular formula is C17H22ClFN2O4. The number of carbonyl (C=O) groups is 2. The van der Waals surface area contributed by atoms with E-state index >= 15 is 0 Å². The topological polar surface area (TPSA) is 70.1 Å². The largest absolute Gasteiger partial charge is 0.484 e. The predicted molar refractivity (Wildman–Crippen MR) is 91.4 cm³/mol. The van der Waals surface area contributed by atoms with Crippen LogP contribution < -0.4 is 4.74 Å². The van der Waals surface area contributed by atoms with E-state index in [0.717, 1.165) is 19.3 Å². The molecule has 0 aromatic heterocycles. The number of aliphatic carboxylic acids is 1. The van der Waals surface area contributed by atoms with Crippen LogP contribution in [-0.2, 0) is 9.59 Å². The van der Waals surface area contributed by atoms with E-state index in [9.17, 15) is 14.0 Å². The summed E-state index contributed by atoms with van der Waals surface area (Å²) >= 11 is 5.68. The fourth-order valence-electron chi connectivity index (χ4n) is 2.91. The highest BCUT2D eigenvalue weighted by Crippen LogP contribution is 2.21. The number of ether oxygens (including phenoxy) is 1. The van der Waals surface area contributed by atoms with Crippen molar-refractivity contribution in [3.8, 4) is 5.75 Å². The number of likely N-dealkylation sites (tertiary alicyclic amines) is 1. The summed E-state index contributed by atoms with van der Waals surface area (Å²) in [6.45, 7) is 1.02. The Hall–Kier alpha value is -1.86. The van der Waals surface area contributed by atoms with Gasteiger partial charge in [0, 0.05) is 25.2 Å². The van der Waals surface area contributed by atoms with Crippen molar-refractivity contribution in [1.82, 2.24) is 9.80 Å². The third kappa shape index (κ3) is 5.86. The number of benzene rings is 1. The smallest absolute Gasteiger partial charge is 0.317 e. The molecule has 1 fully saturated rings. The standard InChI is InChI=1S/C17H22ClFN2O4/c1-20(10-17(23)24)12-3-2-7-21(8-6-12)16(22)11-25-13-4-5-15(19)14(18)9-13/h4-5,9,12H,2-3,6-8,10-11H2,1H3,(H,23,24). The Kier molecular flexibility index (Phi) is 7.01. The first kappa shape index (κ1) is 19.5. The fraction of sp³-hybridized carbons (Fsp3) is 0.529. The second kappa shape index (κ2) is 9.01. The van der Waals surface area contributed by atoms with Gasteiger partial charge >= 0.3 is 5.97 Å². The highest BCUT2D eigenvalue weighted by molar-refractivity contribution is 6.30. The molecule has 0 bridgehead atoms. The lowest BCUT2D eigenvalue weighted by atomic mass is 10.1. The first-order valence-electron chi connectivity index (χ1n) is 8.14. The second-order valence-corrected chi connectivity index (χ2v) is 6.55. The molecule has 0 spiro atoms. The van der Waals surface area contributed by atoms with Crippen LogP contribution in [0.1, 0.15) is 19.3 Å². The normalized spacial score (nSPS) is 18.1. The highest BCUT2D eigenvalue weighted by atomic mass is 35.5. The molecule has 0 radical (unpaired) electrons. The Morgan fingerprint density at radius 1 is 1.40 bits per heavy atom. The van der Waals surface area contributed by atoms with Crippen LogP contribution in [0.3, 0.4) is 0 Å². The minimum absolute atomic E-state index is 0.00689. The average Bonchev–Trinajstić information content (AvgIpc) is 2.81. The molecule has 1 N–H and O–H groups in total. The molecule has 8 heteroatoms. The first-order valence-corrected chi connectivity index (χ1v) is 8.52. The molecule has 1 heterocycles. The van der Waals surface area contributed by atoms with Gasteiger partial charge < -0.3 is 14.7 Å². The van der Waals surface area contributed by atoms with Crippen LogP contribution in [0.2, 0.25) is 5.02 Å². The zero-order valence-electron chi connectivity index (χ0n) is 14.1. The third-order valence-electron chi connectivity index (χ3n) is 4.31. The fourth-order valence-corrected chi connectivity index (χ4v) is 3.08. The summed E-state index contributed by atoms with van der Waals surface area (Å²) in [5, 5.41) is 8.83. The lowest BCUT2D eigenvalue weighted by Crippen LogP contribution is -2.38. The van der Waals surface area contributed by atoms with Gasteiger partial charge in [0.25, 0.3) is 5.91 Å². The van der Waals surface area contributed by atoms with Gasteiger partial charge in [-0.25, -0.2) is 4.39 Å². The lowest BCUT2D eigenvalue weighted by molar-refractivity contribution is -0.138. The van der Waals surface area contributed by atoms with E-state index in [0.29, 0.717) is 18.8 Å². The number of carboxylic acids is 1. The van der Waals surface area contributed by atoms with Gasteiger partial charge in [0.05, 0.1) is 11.6 Å². The zero-order chi connectivity index (χ0) is 18.4. The molecule has 0 saturated carbocycles. The van der Waals surface area contributed by atoms with Crippen LogP contribution >= 0.6 is 11.6 Å². The van der Waals surface area contributed by atoms with Gasteiger partial charge in [-0.3, -0.25) is 14.5 Å². The highest BCUT2D eigenvalue weighted by Gasteiger charge is 2.24. The minimum Gasteiger partial charge on any atom is -0.484 e. The molecule has 1 aromatic carbocycles. The summed E-state index contributed by atoms with van der Waals surface area (Å²) in [7, 11) is 1.79. The Morgan fingerprint density at radius 3 is 2.84 bits per heavy atom. The minimum atomic E-state index is -0.856. The Balaban J connectivity index is 1.83. The van der Waals surface area contributed by atoms with E-state index in [2.05, 4.69) is 0 Å². The van der Waals surface area contributed by atoms with Gasteiger partial charge in [-0.1, -0.05) is 11.6 Å². The van der Waals surface area contributed by atoms with Crippen molar-refractivity contribution >= 4 is 23.5 Å². The van der Waals surface area contributed by atoms with Gasteiger partial charge in [0.2, 0.25) is 0 Å².